The Bertz CT molecular complexity index is 1470. The second-order valence-corrected chi connectivity index (χ2v) is 10.0. The van der Waals surface area contributed by atoms with Crippen molar-refractivity contribution < 1.29 is 18.9 Å². The van der Waals surface area contributed by atoms with Gasteiger partial charge in [-0.2, -0.15) is 0 Å². The Kier molecular flexibility index (Phi) is 8.89. The fourth-order valence-electron chi connectivity index (χ4n) is 5.00. The largest absolute Gasteiger partial charge is 0.374 e. The lowest BCUT2D eigenvalue weighted by Gasteiger charge is -2.25. The number of benzene rings is 4. The summed E-state index contributed by atoms with van der Waals surface area (Å²) in [5, 5.41) is 8.89. The molecule has 41 heavy (non-hydrogen) atoms. The van der Waals surface area contributed by atoms with Crippen LogP contribution in [0.25, 0.3) is 5.69 Å². The van der Waals surface area contributed by atoms with Gasteiger partial charge in [-0.05, 0) is 28.8 Å². The molecule has 1 aromatic heterocycles. The van der Waals surface area contributed by atoms with Crippen LogP contribution >= 0.6 is 0 Å². The van der Waals surface area contributed by atoms with Crippen molar-refractivity contribution in [1.82, 2.24) is 15.0 Å². The molecule has 7 heteroatoms. The normalized spacial score (nSPS) is 20.3. The summed E-state index contributed by atoms with van der Waals surface area (Å²) in [7, 11) is 0. The molecule has 0 aliphatic carbocycles. The standard InChI is InChI=1S/C34H33N3O4/c1-5-13-26(14-6-1)22-38-25-31-33(39-23-27-15-7-2-8-16-27)34(40-24-28-17-9-3-10-18-28)32(41-31)30-21-37(36-35-30)29-19-11-4-12-20-29/h1-21,31-34H,22-25H2/t31-,32+,33-,34+/m1/s1. The van der Waals surface area contributed by atoms with Crippen molar-refractivity contribution in [3.05, 3.63) is 150 Å². The topological polar surface area (TPSA) is 67.6 Å². The first-order valence-corrected chi connectivity index (χ1v) is 13.9. The molecule has 7 nitrogen and oxygen atoms in total. The van der Waals surface area contributed by atoms with Crippen LogP contribution in [0.5, 0.6) is 0 Å². The van der Waals surface area contributed by atoms with Gasteiger partial charge in [0.15, 0.2) is 0 Å². The van der Waals surface area contributed by atoms with Crippen LogP contribution in [-0.2, 0) is 38.8 Å². The highest BCUT2D eigenvalue weighted by Gasteiger charge is 2.48. The molecule has 4 aromatic carbocycles. The molecule has 0 spiro atoms. The van der Waals surface area contributed by atoms with Crippen molar-refractivity contribution >= 4 is 0 Å². The summed E-state index contributed by atoms with van der Waals surface area (Å²) >= 11 is 0. The zero-order valence-electron chi connectivity index (χ0n) is 22.7. The van der Waals surface area contributed by atoms with Gasteiger partial charge in [0.2, 0.25) is 0 Å². The summed E-state index contributed by atoms with van der Waals surface area (Å²) in [5.41, 5.74) is 4.87. The van der Waals surface area contributed by atoms with Crippen LogP contribution in [0.1, 0.15) is 28.5 Å². The van der Waals surface area contributed by atoms with Crippen LogP contribution < -0.4 is 0 Å². The van der Waals surface area contributed by atoms with Gasteiger partial charge in [0.05, 0.1) is 38.3 Å². The molecule has 1 fully saturated rings. The molecule has 1 aliphatic heterocycles. The zero-order valence-corrected chi connectivity index (χ0v) is 22.7. The maximum Gasteiger partial charge on any atom is 0.132 e. The zero-order chi connectivity index (χ0) is 27.7. The minimum Gasteiger partial charge on any atom is -0.374 e. The van der Waals surface area contributed by atoms with Crippen molar-refractivity contribution in [3.8, 4) is 5.69 Å². The fraction of sp³-hybridized carbons (Fsp3) is 0.235. The summed E-state index contributed by atoms with van der Waals surface area (Å²) < 4.78 is 27.7. The molecule has 5 aromatic rings. The maximum atomic E-state index is 6.65. The van der Waals surface area contributed by atoms with E-state index in [-0.39, 0.29) is 12.2 Å². The number of ether oxygens (including phenoxy) is 4. The number of nitrogens with zero attached hydrogens (tertiary/aromatic N) is 3. The van der Waals surface area contributed by atoms with E-state index in [2.05, 4.69) is 46.7 Å². The molecule has 2 heterocycles. The van der Waals surface area contributed by atoms with E-state index in [9.17, 15) is 0 Å². The minimum absolute atomic E-state index is 0.350. The third kappa shape index (κ3) is 6.96. The van der Waals surface area contributed by atoms with Gasteiger partial charge in [-0.1, -0.05) is 114 Å². The van der Waals surface area contributed by atoms with Crippen molar-refractivity contribution in [1.29, 1.82) is 0 Å². The van der Waals surface area contributed by atoms with Gasteiger partial charge >= 0.3 is 0 Å². The number of hydrogen-bond acceptors (Lipinski definition) is 6. The highest BCUT2D eigenvalue weighted by molar-refractivity contribution is 5.30. The molecule has 208 valence electrons. The molecule has 4 atom stereocenters. The van der Waals surface area contributed by atoms with Gasteiger partial charge in [-0.3, -0.25) is 0 Å². The summed E-state index contributed by atoms with van der Waals surface area (Å²) in [4.78, 5) is 0. The van der Waals surface area contributed by atoms with Crippen LogP contribution in [0.2, 0.25) is 0 Å². The number of para-hydroxylation sites is 1. The molecule has 0 radical (unpaired) electrons. The second kappa shape index (κ2) is 13.5. The van der Waals surface area contributed by atoms with E-state index in [0.29, 0.717) is 32.1 Å². The third-order valence-electron chi connectivity index (χ3n) is 7.10. The molecular formula is C34H33N3O4. The van der Waals surface area contributed by atoms with Crippen LogP contribution in [0.3, 0.4) is 0 Å². The molecule has 0 saturated carbocycles. The van der Waals surface area contributed by atoms with Gasteiger partial charge in [0, 0.05) is 0 Å². The summed E-state index contributed by atoms with van der Waals surface area (Å²) in [5.74, 6) is 0. The van der Waals surface area contributed by atoms with Gasteiger partial charge in [-0.25, -0.2) is 4.68 Å². The average Bonchev–Trinajstić information content (AvgIpc) is 3.66. The molecular weight excluding hydrogens is 514 g/mol. The van der Waals surface area contributed by atoms with Crippen LogP contribution in [0.15, 0.2) is 128 Å². The van der Waals surface area contributed by atoms with Crippen LogP contribution in [0.4, 0.5) is 0 Å². The third-order valence-corrected chi connectivity index (χ3v) is 7.10. The summed E-state index contributed by atoms with van der Waals surface area (Å²) in [6, 6.07) is 40.3. The Balaban J connectivity index is 1.26. The van der Waals surface area contributed by atoms with Crippen molar-refractivity contribution in [2.24, 2.45) is 0 Å². The Labute approximate surface area is 240 Å². The lowest BCUT2D eigenvalue weighted by molar-refractivity contribution is -0.0898. The number of hydrogen-bond donors (Lipinski definition) is 0. The monoisotopic (exact) mass is 547 g/mol. The van der Waals surface area contributed by atoms with E-state index in [0.717, 1.165) is 22.4 Å². The number of rotatable bonds is 12. The molecule has 6 rings (SSSR count). The maximum absolute atomic E-state index is 6.65. The van der Waals surface area contributed by atoms with Gasteiger partial charge in [-0.15, -0.1) is 5.10 Å². The molecule has 0 N–H and O–H groups in total. The molecule has 0 bridgehead atoms. The van der Waals surface area contributed by atoms with E-state index in [4.69, 9.17) is 18.9 Å². The molecule has 1 saturated heterocycles. The minimum atomic E-state index is -0.484. The average molecular weight is 548 g/mol. The van der Waals surface area contributed by atoms with E-state index >= 15 is 0 Å². The highest BCUT2D eigenvalue weighted by Crippen LogP contribution is 2.38. The lowest BCUT2D eigenvalue weighted by Crippen LogP contribution is -2.37. The van der Waals surface area contributed by atoms with E-state index in [1.54, 1.807) is 4.68 Å². The molecule has 1 aliphatic rings. The van der Waals surface area contributed by atoms with Crippen LogP contribution in [-0.4, -0.2) is 39.9 Å². The quantitative estimate of drug-likeness (QED) is 0.188. The van der Waals surface area contributed by atoms with Gasteiger partial charge < -0.3 is 18.9 Å². The van der Waals surface area contributed by atoms with Gasteiger partial charge in [0.25, 0.3) is 0 Å². The highest BCUT2D eigenvalue weighted by atomic mass is 16.6. The predicted octanol–water partition coefficient (Wildman–Crippen LogP) is 6.09. The first-order valence-electron chi connectivity index (χ1n) is 13.9. The Morgan fingerprint density at radius 2 is 1.12 bits per heavy atom. The molecule has 0 amide bonds. The first kappa shape index (κ1) is 27.1. The Morgan fingerprint density at radius 3 is 1.71 bits per heavy atom. The van der Waals surface area contributed by atoms with E-state index in [1.165, 1.54) is 0 Å². The van der Waals surface area contributed by atoms with E-state index in [1.807, 2.05) is 91.1 Å². The predicted molar refractivity (Wildman–Crippen MR) is 155 cm³/mol. The SMILES string of the molecule is c1ccc(COC[C@H]2O[C@@H](c3cn(-c4ccccc4)nn3)[C@H](OCc3ccccc3)[C@@H]2OCc2ccccc2)cc1. The number of aromatic nitrogens is 3. The fourth-order valence-corrected chi connectivity index (χ4v) is 5.00. The first-order chi connectivity index (χ1) is 20.3. The smallest absolute Gasteiger partial charge is 0.132 e. The van der Waals surface area contributed by atoms with Crippen molar-refractivity contribution in [3.63, 3.8) is 0 Å². The van der Waals surface area contributed by atoms with Crippen LogP contribution in [0, 0.1) is 0 Å². The summed E-state index contributed by atoms with van der Waals surface area (Å²) in [6.45, 7) is 1.68. The summed E-state index contributed by atoms with van der Waals surface area (Å²) in [6.07, 6.45) is 0.240. The lowest BCUT2D eigenvalue weighted by atomic mass is 10.0. The second-order valence-electron chi connectivity index (χ2n) is 10.0. The Hall–Kier alpha value is -4.14. The molecule has 0 unspecified atom stereocenters. The Morgan fingerprint density at radius 1 is 0.610 bits per heavy atom. The van der Waals surface area contributed by atoms with Crippen molar-refractivity contribution in [2.45, 2.75) is 44.2 Å². The van der Waals surface area contributed by atoms with Gasteiger partial charge in [0.1, 0.15) is 30.1 Å². The van der Waals surface area contributed by atoms with E-state index < -0.39 is 12.2 Å². The van der Waals surface area contributed by atoms with Crippen molar-refractivity contribution in [2.75, 3.05) is 6.61 Å².